The molecule has 0 bridgehead atoms. The molecule has 1 aromatic rings. The highest BCUT2D eigenvalue weighted by Gasteiger charge is 2.19. The van der Waals surface area contributed by atoms with Crippen molar-refractivity contribution >= 4 is 17.5 Å². The van der Waals surface area contributed by atoms with Crippen LogP contribution in [0.2, 0.25) is 0 Å². The Balaban J connectivity index is 1.75. The van der Waals surface area contributed by atoms with Crippen LogP contribution in [-0.4, -0.2) is 54.3 Å². The summed E-state index contributed by atoms with van der Waals surface area (Å²) in [5.74, 6) is 0.165. The van der Waals surface area contributed by atoms with Crippen LogP contribution in [0, 0.1) is 0 Å². The van der Waals surface area contributed by atoms with E-state index in [1.807, 2.05) is 17.0 Å². The third-order valence-electron chi connectivity index (χ3n) is 4.51. The SMILES string of the molecule is CC(=O)N1CCN(CCC(=O)Nc2ccc(C(C)(C)C)cc2)CC1. The van der Waals surface area contributed by atoms with Crippen molar-refractivity contribution in [3.63, 3.8) is 0 Å². The fraction of sp³-hybridized carbons (Fsp3) is 0.579. The van der Waals surface area contributed by atoms with Crippen LogP contribution < -0.4 is 5.32 Å². The highest BCUT2D eigenvalue weighted by atomic mass is 16.2. The number of nitrogens with one attached hydrogen (secondary N) is 1. The normalized spacial score (nSPS) is 16.1. The van der Waals surface area contributed by atoms with Gasteiger partial charge in [-0.2, -0.15) is 0 Å². The number of hydrogen-bond donors (Lipinski definition) is 1. The molecule has 5 heteroatoms. The van der Waals surface area contributed by atoms with Crippen LogP contribution in [0.25, 0.3) is 0 Å². The first-order valence-electron chi connectivity index (χ1n) is 8.64. The summed E-state index contributed by atoms with van der Waals surface area (Å²) < 4.78 is 0. The van der Waals surface area contributed by atoms with Crippen molar-refractivity contribution in [2.24, 2.45) is 0 Å². The minimum atomic E-state index is 0.0347. The van der Waals surface area contributed by atoms with E-state index in [9.17, 15) is 9.59 Å². The van der Waals surface area contributed by atoms with E-state index >= 15 is 0 Å². The molecule has 1 aliphatic heterocycles. The van der Waals surface area contributed by atoms with Crippen LogP contribution >= 0.6 is 0 Å². The molecule has 2 amide bonds. The number of carbonyl (C=O) groups excluding carboxylic acids is 2. The van der Waals surface area contributed by atoms with Gasteiger partial charge in [0.25, 0.3) is 0 Å². The molecule has 1 fully saturated rings. The lowest BCUT2D eigenvalue weighted by Crippen LogP contribution is -2.48. The largest absolute Gasteiger partial charge is 0.340 e. The second-order valence-corrected chi connectivity index (χ2v) is 7.47. The van der Waals surface area contributed by atoms with Crippen molar-refractivity contribution in [1.82, 2.24) is 9.80 Å². The summed E-state index contributed by atoms with van der Waals surface area (Å²) in [4.78, 5) is 27.5. The number of hydrogen-bond acceptors (Lipinski definition) is 3. The predicted octanol–water partition coefficient (Wildman–Crippen LogP) is 2.48. The van der Waals surface area contributed by atoms with Gasteiger partial charge in [-0.05, 0) is 23.1 Å². The topological polar surface area (TPSA) is 52.7 Å². The second kappa shape index (κ2) is 7.79. The molecule has 0 saturated carbocycles. The van der Waals surface area contributed by atoms with Gasteiger partial charge >= 0.3 is 0 Å². The van der Waals surface area contributed by atoms with E-state index in [0.29, 0.717) is 6.42 Å². The fourth-order valence-electron chi connectivity index (χ4n) is 2.82. The summed E-state index contributed by atoms with van der Waals surface area (Å²) in [6.07, 6.45) is 0.473. The number of piperazine rings is 1. The maximum atomic E-state index is 12.1. The van der Waals surface area contributed by atoms with Crippen molar-refractivity contribution in [1.29, 1.82) is 0 Å². The van der Waals surface area contributed by atoms with E-state index in [0.717, 1.165) is 38.4 Å². The Hall–Kier alpha value is -1.88. The first-order chi connectivity index (χ1) is 11.3. The van der Waals surface area contributed by atoms with Gasteiger partial charge < -0.3 is 10.2 Å². The maximum absolute atomic E-state index is 12.1. The maximum Gasteiger partial charge on any atom is 0.225 e. The Kier molecular flexibility index (Phi) is 5.99. The minimum Gasteiger partial charge on any atom is -0.340 e. The van der Waals surface area contributed by atoms with Gasteiger partial charge in [-0.25, -0.2) is 0 Å². The molecule has 1 N–H and O–H groups in total. The lowest BCUT2D eigenvalue weighted by atomic mass is 9.87. The molecule has 2 rings (SSSR count). The quantitative estimate of drug-likeness (QED) is 0.922. The summed E-state index contributed by atoms with van der Waals surface area (Å²) in [7, 11) is 0. The number of nitrogens with zero attached hydrogens (tertiary/aromatic N) is 2. The van der Waals surface area contributed by atoms with E-state index in [1.54, 1.807) is 6.92 Å². The van der Waals surface area contributed by atoms with Gasteiger partial charge in [0.2, 0.25) is 11.8 Å². The van der Waals surface area contributed by atoms with Crippen LogP contribution in [0.15, 0.2) is 24.3 Å². The molecule has 1 saturated heterocycles. The van der Waals surface area contributed by atoms with Crippen LogP contribution in [0.3, 0.4) is 0 Å². The number of benzene rings is 1. The number of rotatable bonds is 4. The summed E-state index contributed by atoms with van der Waals surface area (Å²) in [5, 5.41) is 2.96. The molecular weight excluding hydrogens is 302 g/mol. The van der Waals surface area contributed by atoms with Gasteiger partial charge in [0.05, 0.1) is 0 Å². The van der Waals surface area contributed by atoms with Crippen LogP contribution in [0.1, 0.15) is 39.7 Å². The lowest BCUT2D eigenvalue weighted by molar-refractivity contribution is -0.130. The van der Waals surface area contributed by atoms with E-state index in [4.69, 9.17) is 0 Å². The van der Waals surface area contributed by atoms with Gasteiger partial charge in [0, 0.05) is 51.8 Å². The average Bonchev–Trinajstić information content (AvgIpc) is 2.53. The second-order valence-electron chi connectivity index (χ2n) is 7.47. The van der Waals surface area contributed by atoms with Gasteiger partial charge in [0.1, 0.15) is 0 Å². The Labute approximate surface area is 145 Å². The molecule has 1 aliphatic rings. The third kappa shape index (κ3) is 5.34. The molecule has 0 aliphatic carbocycles. The lowest BCUT2D eigenvalue weighted by Gasteiger charge is -2.34. The first-order valence-corrected chi connectivity index (χ1v) is 8.64. The molecule has 0 unspecified atom stereocenters. The summed E-state index contributed by atoms with van der Waals surface area (Å²) in [6, 6.07) is 8.06. The molecule has 0 aromatic heterocycles. The van der Waals surface area contributed by atoms with Gasteiger partial charge in [0.15, 0.2) is 0 Å². The number of carbonyl (C=O) groups is 2. The molecule has 1 heterocycles. The van der Waals surface area contributed by atoms with E-state index < -0.39 is 0 Å². The van der Waals surface area contributed by atoms with E-state index in [-0.39, 0.29) is 17.2 Å². The van der Waals surface area contributed by atoms with Crippen LogP contribution in [0.4, 0.5) is 5.69 Å². The van der Waals surface area contributed by atoms with Crippen molar-refractivity contribution < 1.29 is 9.59 Å². The van der Waals surface area contributed by atoms with E-state index in [1.165, 1.54) is 5.56 Å². The standard InChI is InChI=1S/C19H29N3O2/c1-15(23)22-13-11-21(12-14-22)10-9-18(24)20-17-7-5-16(6-8-17)19(2,3)4/h5-8H,9-14H2,1-4H3,(H,20,24). The summed E-state index contributed by atoms with van der Waals surface area (Å²) in [6.45, 7) is 12.0. The highest BCUT2D eigenvalue weighted by molar-refractivity contribution is 5.90. The first kappa shape index (κ1) is 18.5. The third-order valence-corrected chi connectivity index (χ3v) is 4.51. The fourth-order valence-corrected chi connectivity index (χ4v) is 2.82. The molecule has 0 spiro atoms. The molecule has 0 atom stereocenters. The van der Waals surface area contributed by atoms with Gasteiger partial charge in [-0.1, -0.05) is 32.9 Å². The van der Waals surface area contributed by atoms with Crippen molar-refractivity contribution in [3.8, 4) is 0 Å². The molecule has 24 heavy (non-hydrogen) atoms. The van der Waals surface area contributed by atoms with Crippen molar-refractivity contribution in [2.45, 2.75) is 39.5 Å². The molecule has 5 nitrogen and oxygen atoms in total. The summed E-state index contributed by atoms with van der Waals surface area (Å²) in [5.41, 5.74) is 2.21. The number of amides is 2. The molecule has 1 aromatic carbocycles. The Morgan fingerprint density at radius 2 is 1.62 bits per heavy atom. The van der Waals surface area contributed by atoms with E-state index in [2.05, 4.69) is 43.1 Å². The zero-order valence-electron chi connectivity index (χ0n) is 15.3. The van der Waals surface area contributed by atoms with Crippen LogP contribution in [0.5, 0.6) is 0 Å². The monoisotopic (exact) mass is 331 g/mol. The zero-order valence-corrected chi connectivity index (χ0v) is 15.3. The Bertz CT molecular complexity index is 567. The molecule has 132 valence electrons. The molecule has 0 radical (unpaired) electrons. The Morgan fingerprint density at radius 1 is 1.04 bits per heavy atom. The summed E-state index contributed by atoms with van der Waals surface area (Å²) >= 11 is 0. The van der Waals surface area contributed by atoms with Crippen molar-refractivity contribution in [3.05, 3.63) is 29.8 Å². The highest BCUT2D eigenvalue weighted by Crippen LogP contribution is 2.23. The smallest absolute Gasteiger partial charge is 0.225 e. The zero-order chi connectivity index (χ0) is 17.7. The van der Waals surface area contributed by atoms with Gasteiger partial charge in [-0.15, -0.1) is 0 Å². The number of anilines is 1. The predicted molar refractivity (Wildman–Crippen MR) is 97.1 cm³/mol. The van der Waals surface area contributed by atoms with Crippen molar-refractivity contribution in [2.75, 3.05) is 38.0 Å². The minimum absolute atomic E-state index is 0.0347. The average molecular weight is 331 g/mol. The molecular formula is C19H29N3O2. The van der Waals surface area contributed by atoms with Gasteiger partial charge in [-0.3, -0.25) is 14.5 Å². The van der Waals surface area contributed by atoms with Crippen LogP contribution in [-0.2, 0) is 15.0 Å². The Morgan fingerprint density at radius 3 is 2.12 bits per heavy atom.